The first kappa shape index (κ1) is 31.1. The van der Waals surface area contributed by atoms with Gasteiger partial charge in [0.25, 0.3) is 0 Å². The standard InChI is InChI=1S/C36H37N7O6/c1-5-30-38-31-26-8-6-7-9-29(26)49-32(31)33(39-30)43-18-25(16-28(43)35(44)45)48-34-27(42-12-13-47-36(22(42)3)19-46-20-36)15-23(17-37-34)10-11-24-14-21(2)40-41(24)4/h6-9,14-15,17,22,25,28H,5,12-13,16,18-20H2,1-4H3,(H,44,45)/t22-,25-,28-/m0/s1. The summed E-state index contributed by atoms with van der Waals surface area (Å²) < 4.78 is 26.4. The van der Waals surface area contributed by atoms with Crippen LogP contribution in [-0.2, 0) is 27.7 Å². The molecule has 3 atom stereocenters. The topological polar surface area (TPSA) is 141 Å². The number of benzene rings is 1. The molecule has 3 saturated heterocycles. The second-order valence-corrected chi connectivity index (χ2v) is 12.9. The maximum atomic E-state index is 12.7. The first-order valence-electron chi connectivity index (χ1n) is 16.6. The van der Waals surface area contributed by atoms with Gasteiger partial charge in [-0.05, 0) is 44.0 Å². The zero-order valence-electron chi connectivity index (χ0n) is 27.8. The molecule has 0 amide bonds. The minimum Gasteiger partial charge on any atom is -0.480 e. The SMILES string of the molecule is CCc1nc(N2C[C@@H](Oc3ncc(C#Cc4cc(C)nn4C)cc3N3CCOC4(COC4)[C@@H]3C)C[C@H]2C(=O)O)c2oc3ccccc3c2n1. The van der Waals surface area contributed by atoms with Crippen molar-refractivity contribution in [3.8, 4) is 17.7 Å². The third-order valence-electron chi connectivity index (χ3n) is 9.78. The first-order valence-corrected chi connectivity index (χ1v) is 16.6. The van der Waals surface area contributed by atoms with Gasteiger partial charge >= 0.3 is 5.97 Å². The molecule has 8 rings (SSSR count). The molecular weight excluding hydrogens is 626 g/mol. The van der Waals surface area contributed by atoms with Crippen molar-refractivity contribution in [2.45, 2.75) is 57.4 Å². The van der Waals surface area contributed by atoms with Gasteiger partial charge < -0.3 is 33.5 Å². The molecular formula is C36H37N7O6. The Hall–Kier alpha value is -5.19. The van der Waals surface area contributed by atoms with Crippen molar-refractivity contribution >= 4 is 39.5 Å². The number of aliphatic carboxylic acids is 1. The van der Waals surface area contributed by atoms with E-state index in [1.807, 2.05) is 57.3 Å². The van der Waals surface area contributed by atoms with Gasteiger partial charge in [0.2, 0.25) is 5.88 Å². The van der Waals surface area contributed by atoms with E-state index < -0.39 is 23.7 Å². The van der Waals surface area contributed by atoms with Gasteiger partial charge in [-0.3, -0.25) is 4.68 Å². The normalized spacial score (nSPS) is 21.6. The summed E-state index contributed by atoms with van der Waals surface area (Å²) in [5.74, 6) is 6.96. The van der Waals surface area contributed by atoms with E-state index in [0.717, 1.165) is 28.0 Å². The van der Waals surface area contributed by atoms with Crippen molar-refractivity contribution in [3.63, 3.8) is 0 Å². The number of nitrogens with zero attached hydrogens (tertiary/aromatic N) is 7. The number of hydrogen-bond donors (Lipinski definition) is 1. The number of aryl methyl sites for hydroxylation is 3. The number of morpholine rings is 1. The highest BCUT2D eigenvalue weighted by Crippen LogP contribution is 2.40. The Kier molecular flexibility index (Phi) is 7.65. The molecule has 1 spiro atoms. The first-order chi connectivity index (χ1) is 23.7. The van der Waals surface area contributed by atoms with Gasteiger partial charge in [-0.15, -0.1) is 0 Å². The van der Waals surface area contributed by atoms with Crippen LogP contribution in [0.2, 0.25) is 0 Å². The van der Waals surface area contributed by atoms with Crippen LogP contribution in [0.4, 0.5) is 11.5 Å². The predicted octanol–water partition coefficient (Wildman–Crippen LogP) is 3.88. The van der Waals surface area contributed by atoms with Crippen molar-refractivity contribution in [2.24, 2.45) is 7.05 Å². The van der Waals surface area contributed by atoms with Gasteiger partial charge in [0.1, 0.15) is 46.1 Å². The van der Waals surface area contributed by atoms with Gasteiger partial charge in [0.05, 0.1) is 38.1 Å². The van der Waals surface area contributed by atoms with Crippen molar-refractivity contribution < 1.29 is 28.5 Å². The molecule has 1 aromatic carbocycles. The molecule has 0 saturated carbocycles. The summed E-state index contributed by atoms with van der Waals surface area (Å²) in [6.45, 7) is 8.47. The summed E-state index contributed by atoms with van der Waals surface area (Å²) in [5.41, 5.74) is 4.57. The summed E-state index contributed by atoms with van der Waals surface area (Å²) in [4.78, 5) is 31.1. The molecule has 13 nitrogen and oxygen atoms in total. The molecule has 7 heterocycles. The third kappa shape index (κ3) is 5.41. The average Bonchev–Trinajstić information content (AvgIpc) is 3.77. The Labute approximate surface area is 282 Å². The zero-order chi connectivity index (χ0) is 33.9. The number of rotatable bonds is 6. The summed E-state index contributed by atoms with van der Waals surface area (Å²) in [5, 5.41) is 15.7. The molecule has 5 aromatic rings. The average molecular weight is 664 g/mol. The number of fused-ring (bicyclic) bond motifs is 3. The maximum absolute atomic E-state index is 12.7. The van der Waals surface area contributed by atoms with E-state index in [-0.39, 0.29) is 19.0 Å². The summed E-state index contributed by atoms with van der Waals surface area (Å²) in [7, 11) is 1.87. The fourth-order valence-corrected chi connectivity index (χ4v) is 7.05. The predicted molar refractivity (Wildman–Crippen MR) is 181 cm³/mol. The highest BCUT2D eigenvalue weighted by Gasteiger charge is 2.50. The lowest BCUT2D eigenvalue weighted by Crippen LogP contribution is -2.68. The zero-order valence-corrected chi connectivity index (χ0v) is 27.8. The van der Waals surface area contributed by atoms with E-state index in [0.29, 0.717) is 67.0 Å². The highest BCUT2D eigenvalue weighted by molar-refractivity contribution is 6.06. The molecule has 1 N–H and O–H groups in total. The van der Waals surface area contributed by atoms with Crippen molar-refractivity contribution in [3.05, 3.63) is 65.4 Å². The number of aromatic nitrogens is 5. The molecule has 3 fully saturated rings. The number of anilines is 2. The second-order valence-electron chi connectivity index (χ2n) is 12.9. The van der Waals surface area contributed by atoms with E-state index in [2.05, 4.69) is 28.8 Å². The Balaban J connectivity index is 1.15. The lowest BCUT2D eigenvalue weighted by molar-refractivity contribution is -0.228. The van der Waals surface area contributed by atoms with Crippen LogP contribution in [0.5, 0.6) is 5.88 Å². The van der Waals surface area contributed by atoms with Gasteiger partial charge in [0, 0.05) is 43.6 Å². The summed E-state index contributed by atoms with van der Waals surface area (Å²) in [6, 6.07) is 10.7. The highest BCUT2D eigenvalue weighted by atomic mass is 16.6. The van der Waals surface area contributed by atoms with Crippen LogP contribution < -0.4 is 14.5 Å². The number of ether oxygens (including phenoxy) is 3. The van der Waals surface area contributed by atoms with Crippen LogP contribution in [-0.4, -0.2) is 92.5 Å². The van der Waals surface area contributed by atoms with E-state index in [1.165, 1.54) is 0 Å². The minimum absolute atomic E-state index is 0.0243. The van der Waals surface area contributed by atoms with Crippen molar-refractivity contribution in [1.29, 1.82) is 0 Å². The Morgan fingerprint density at radius 1 is 1.16 bits per heavy atom. The van der Waals surface area contributed by atoms with Crippen LogP contribution in [0.3, 0.4) is 0 Å². The lowest BCUT2D eigenvalue weighted by Gasteiger charge is -2.53. The number of hydrogen-bond acceptors (Lipinski definition) is 11. The molecule has 3 aliphatic rings. The summed E-state index contributed by atoms with van der Waals surface area (Å²) >= 11 is 0. The number of carboxylic acids is 1. The van der Waals surface area contributed by atoms with Crippen LogP contribution >= 0.6 is 0 Å². The second kappa shape index (κ2) is 12.0. The van der Waals surface area contributed by atoms with E-state index in [4.69, 9.17) is 33.6 Å². The number of furan rings is 1. The minimum atomic E-state index is -0.968. The van der Waals surface area contributed by atoms with Gasteiger partial charge in [-0.25, -0.2) is 19.7 Å². The third-order valence-corrected chi connectivity index (χ3v) is 9.78. The van der Waals surface area contributed by atoms with Crippen LogP contribution in [0.25, 0.3) is 22.1 Å². The molecule has 3 aliphatic heterocycles. The largest absolute Gasteiger partial charge is 0.480 e. The number of para-hydroxylation sites is 1. The van der Waals surface area contributed by atoms with Gasteiger partial charge in [-0.2, -0.15) is 5.10 Å². The Bertz CT molecular complexity index is 2140. The molecule has 0 bridgehead atoms. The van der Waals surface area contributed by atoms with Crippen LogP contribution in [0, 0.1) is 18.8 Å². The van der Waals surface area contributed by atoms with E-state index in [9.17, 15) is 9.90 Å². The number of carboxylic acid groups (broad SMARTS) is 1. The molecule has 0 unspecified atom stereocenters. The molecule has 4 aromatic heterocycles. The smallest absolute Gasteiger partial charge is 0.326 e. The quantitative estimate of drug-likeness (QED) is 0.264. The molecule has 0 radical (unpaired) electrons. The van der Waals surface area contributed by atoms with Crippen LogP contribution in [0.1, 0.15) is 43.0 Å². The van der Waals surface area contributed by atoms with Crippen molar-refractivity contribution in [1.82, 2.24) is 24.7 Å². The van der Waals surface area contributed by atoms with Crippen LogP contribution in [0.15, 0.2) is 47.0 Å². The van der Waals surface area contributed by atoms with E-state index in [1.54, 1.807) is 15.8 Å². The molecule has 252 valence electrons. The number of carbonyl (C=O) groups is 1. The summed E-state index contributed by atoms with van der Waals surface area (Å²) in [6.07, 6.45) is 2.00. The van der Waals surface area contributed by atoms with Crippen molar-refractivity contribution in [2.75, 3.05) is 42.7 Å². The molecule has 0 aliphatic carbocycles. The lowest BCUT2D eigenvalue weighted by atomic mass is 9.90. The fraction of sp³-hybridized carbons (Fsp3) is 0.417. The van der Waals surface area contributed by atoms with Gasteiger partial charge in [0.15, 0.2) is 11.4 Å². The Morgan fingerprint density at radius 3 is 2.73 bits per heavy atom. The maximum Gasteiger partial charge on any atom is 0.326 e. The molecule has 49 heavy (non-hydrogen) atoms. The number of pyridine rings is 1. The van der Waals surface area contributed by atoms with E-state index >= 15 is 0 Å². The monoisotopic (exact) mass is 663 g/mol. The fourth-order valence-electron chi connectivity index (χ4n) is 7.05. The molecule has 13 heteroatoms. The Morgan fingerprint density at radius 2 is 2.00 bits per heavy atom. The van der Waals surface area contributed by atoms with Gasteiger partial charge in [-0.1, -0.05) is 25.0 Å².